The standard InChI is InChI=1S/C24H24ClF2N7/c25-17-1-2-19-15(5-17)10-32(14-24(27)3-4-24)11-20-30-31-21(34(19)20)16-6-23(7-16)12-33(13-23)22-28-8-18(26)9-29-22/h1-2,5,8-9,16H,3-4,6-7,10-14H2. The number of halogens is 3. The second kappa shape index (κ2) is 7.18. The van der Waals surface area contributed by atoms with Gasteiger partial charge in [-0.25, -0.2) is 18.7 Å². The summed E-state index contributed by atoms with van der Waals surface area (Å²) in [5, 5.41) is 9.85. The Hall–Kier alpha value is -2.65. The van der Waals surface area contributed by atoms with Gasteiger partial charge in [-0.2, -0.15) is 0 Å². The van der Waals surface area contributed by atoms with Crippen LogP contribution in [-0.4, -0.2) is 54.9 Å². The largest absolute Gasteiger partial charge is 0.340 e. The van der Waals surface area contributed by atoms with Crippen LogP contribution in [-0.2, 0) is 13.1 Å². The number of fused-ring (bicyclic) bond motifs is 3. The molecule has 34 heavy (non-hydrogen) atoms. The van der Waals surface area contributed by atoms with Crippen LogP contribution in [0.4, 0.5) is 14.7 Å². The van der Waals surface area contributed by atoms with Crippen LogP contribution in [0.5, 0.6) is 0 Å². The molecule has 0 radical (unpaired) electrons. The van der Waals surface area contributed by atoms with Crippen LogP contribution in [0.2, 0.25) is 5.02 Å². The smallest absolute Gasteiger partial charge is 0.225 e. The number of nitrogens with zero attached hydrogens (tertiary/aromatic N) is 7. The van der Waals surface area contributed by atoms with Crippen molar-refractivity contribution in [2.24, 2.45) is 5.41 Å². The van der Waals surface area contributed by atoms with Gasteiger partial charge in [0.2, 0.25) is 5.95 Å². The molecule has 10 heteroatoms. The molecular formula is C24H24ClF2N7. The molecule has 0 bridgehead atoms. The van der Waals surface area contributed by atoms with E-state index in [1.807, 2.05) is 18.2 Å². The average Bonchev–Trinajstić information content (AvgIpc) is 3.37. The molecule has 4 heterocycles. The minimum Gasteiger partial charge on any atom is -0.340 e. The Labute approximate surface area is 200 Å². The van der Waals surface area contributed by atoms with E-state index in [-0.39, 0.29) is 5.41 Å². The molecule has 4 aliphatic rings. The highest BCUT2D eigenvalue weighted by Gasteiger charge is 2.55. The summed E-state index contributed by atoms with van der Waals surface area (Å²) in [6, 6.07) is 5.91. The van der Waals surface area contributed by atoms with Gasteiger partial charge in [-0.1, -0.05) is 11.6 Å². The Balaban J connectivity index is 1.13. The van der Waals surface area contributed by atoms with E-state index in [0.29, 0.717) is 49.4 Å². The lowest BCUT2D eigenvalue weighted by atomic mass is 9.57. The quantitative estimate of drug-likeness (QED) is 0.558. The topological polar surface area (TPSA) is 63.0 Å². The zero-order chi connectivity index (χ0) is 23.1. The molecule has 0 amide bonds. The first-order valence-electron chi connectivity index (χ1n) is 11.8. The van der Waals surface area contributed by atoms with Crippen molar-refractivity contribution in [2.75, 3.05) is 24.5 Å². The van der Waals surface area contributed by atoms with Crippen molar-refractivity contribution in [1.82, 2.24) is 29.6 Å². The maximum atomic E-state index is 14.6. The number of rotatable bonds is 4. The van der Waals surface area contributed by atoms with Gasteiger partial charge in [0.1, 0.15) is 11.5 Å². The van der Waals surface area contributed by atoms with E-state index < -0.39 is 11.5 Å². The highest BCUT2D eigenvalue weighted by atomic mass is 35.5. The van der Waals surface area contributed by atoms with E-state index >= 15 is 0 Å². The van der Waals surface area contributed by atoms with Gasteiger partial charge < -0.3 is 4.90 Å². The van der Waals surface area contributed by atoms with Crippen molar-refractivity contribution in [2.45, 2.75) is 50.4 Å². The fourth-order valence-corrected chi connectivity index (χ4v) is 6.16. The molecule has 2 aliphatic heterocycles. The molecule has 1 aromatic carbocycles. The minimum atomic E-state index is -1.07. The first-order chi connectivity index (χ1) is 16.4. The molecule has 0 atom stereocenters. The van der Waals surface area contributed by atoms with Gasteiger partial charge in [-0.15, -0.1) is 10.2 Å². The van der Waals surface area contributed by atoms with Gasteiger partial charge >= 0.3 is 0 Å². The normalized spacial score (nSPS) is 22.5. The molecule has 0 N–H and O–H groups in total. The summed E-state index contributed by atoms with van der Waals surface area (Å²) in [6.45, 7) is 3.36. The van der Waals surface area contributed by atoms with Crippen LogP contribution in [0, 0.1) is 11.2 Å². The van der Waals surface area contributed by atoms with Crippen molar-refractivity contribution < 1.29 is 8.78 Å². The summed E-state index contributed by atoms with van der Waals surface area (Å²) in [5.41, 5.74) is 1.28. The van der Waals surface area contributed by atoms with Crippen molar-refractivity contribution in [3.8, 4) is 5.69 Å². The number of hydrogen-bond acceptors (Lipinski definition) is 6. The summed E-state index contributed by atoms with van der Waals surface area (Å²) in [6.07, 6.45) is 5.72. The van der Waals surface area contributed by atoms with E-state index in [2.05, 4.69) is 34.5 Å². The molecule has 2 aliphatic carbocycles. The van der Waals surface area contributed by atoms with Crippen LogP contribution < -0.4 is 4.90 Å². The monoisotopic (exact) mass is 483 g/mol. The summed E-state index contributed by atoms with van der Waals surface area (Å²) in [4.78, 5) is 12.4. The Kier molecular flexibility index (Phi) is 4.37. The first-order valence-corrected chi connectivity index (χ1v) is 12.1. The molecule has 0 unspecified atom stereocenters. The predicted octanol–water partition coefficient (Wildman–Crippen LogP) is 4.05. The predicted molar refractivity (Wildman–Crippen MR) is 122 cm³/mol. The average molecular weight is 484 g/mol. The zero-order valence-corrected chi connectivity index (χ0v) is 19.3. The van der Waals surface area contributed by atoms with Gasteiger partial charge in [0.05, 0.1) is 24.6 Å². The molecular weight excluding hydrogens is 460 g/mol. The van der Waals surface area contributed by atoms with E-state index in [9.17, 15) is 8.78 Å². The Morgan fingerprint density at radius 3 is 2.56 bits per heavy atom. The maximum Gasteiger partial charge on any atom is 0.225 e. The molecule has 7 rings (SSSR count). The highest BCUT2D eigenvalue weighted by molar-refractivity contribution is 6.30. The van der Waals surface area contributed by atoms with E-state index in [0.717, 1.165) is 48.8 Å². The molecule has 1 spiro atoms. The highest BCUT2D eigenvalue weighted by Crippen LogP contribution is 2.56. The molecule has 7 nitrogen and oxygen atoms in total. The number of benzene rings is 1. The SMILES string of the molecule is Fc1cnc(N2CC3(CC(c4nnc5n4-c4ccc(Cl)cc4CN(CC4(F)CC4)C5)C3)C2)nc1. The molecule has 3 fully saturated rings. The van der Waals surface area contributed by atoms with Crippen LogP contribution >= 0.6 is 11.6 Å². The molecule has 176 valence electrons. The summed E-state index contributed by atoms with van der Waals surface area (Å²) in [7, 11) is 0. The van der Waals surface area contributed by atoms with Gasteiger partial charge in [0, 0.05) is 42.5 Å². The van der Waals surface area contributed by atoms with Gasteiger partial charge in [-0.05, 0) is 49.4 Å². The minimum absolute atomic E-state index is 0.223. The zero-order valence-electron chi connectivity index (χ0n) is 18.6. The maximum absolute atomic E-state index is 14.6. The lowest BCUT2D eigenvalue weighted by Crippen LogP contribution is -2.62. The Morgan fingerprint density at radius 2 is 1.82 bits per heavy atom. The van der Waals surface area contributed by atoms with E-state index in [4.69, 9.17) is 11.6 Å². The number of anilines is 1. The fourth-order valence-electron chi connectivity index (χ4n) is 5.96. The number of aromatic nitrogens is 5. The Morgan fingerprint density at radius 1 is 1.06 bits per heavy atom. The van der Waals surface area contributed by atoms with Crippen molar-refractivity contribution >= 4 is 17.5 Å². The molecule has 3 aromatic rings. The van der Waals surface area contributed by atoms with Crippen molar-refractivity contribution in [3.05, 3.63) is 58.6 Å². The van der Waals surface area contributed by atoms with E-state index in [1.165, 1.54) is 12.4 Å². The van der Waals surface area contributed by atoms with Crippen LogP contribution in [0.1, 0.15) is 48.8 Å². The number of hydrogen-bond donors (Lipinski definition) is 0. The number of alkyl halides is 1. The van der Waals surface area contributed by atoms with Crippen LogP contribution in [0.3, 0.4) is 0 Å². The third-order valence-corrected chi connectivity index (χ3v) is 8.00. The summed E-state index contributed by atoms with van der Waals surface area (Å²) in [5.74, 6) is 2.30. The van der Waals surface area contributed by atoms with Crippen LogP contribution in [0.15, 0.2) is 30.6 Å². The third kappa shape index (κ3) is 3.40. The Bertz CT molecular complexity index is 1260. The second-order valence-corrected chi connectivity index (χ2v) is 11.0. The van der Waals surface area contributed by atoms with Gasteiger partial charge in [0.25, 0.3) is 0 Å². The molecule has 2 aromatic heterocycles. The fraction of sp³-hybridized carbons (Fsp3) is 0.500. The molecule has 2 saturated carbocycles. The first kappa shape index (κ1) is 20.7. The van der Waals surface area contributed by atoms with Crippen molar-refractivity contribution in [3.63, 3.8) is 0 Å². The lowest BCUT2D eigenvalue weighted by molar-refractivity contribution is 0.0574. The second-order valence-electron chi connectivity index (χ2n) is 10.5. The van der Waals surface area contributed by atoms with E-state index in [1.54, 1.807) is 0 Å². The lowest BCUT2D eigenvalue weighted by Gasteiger charge is -2.58. The summed E-state index contributed by atoms with van der Waals surface area (Å²) >= 11 is 6.33. The third-order valence-electron chi connectivity index (χ3n) is 7.76. The van der Waals surface area contributed by atoms with Crippen molar-refractivity contribution in [1.29, 1.82) is 0 Å². The van der Waals surface area contributed by atoms with Gasteiger partial charge in [0.15, 0.2) is 11.6 Å². The summed E-state index contributed by atoms with van der Waals surface area (Å²) < 4.78 is 29.9. The van der Waals surface area contributed by atoms with Crippen LogP contribution in [0.25, 0.3) is 5.69 Å². The molecule has 1 saturated heterocycles. The van der Waals surface area contributed by atoms with Gasteiger partial charge in [-0.3, -0.25) is 9.47 Å².